The largest absolute Gasteiger partial charge is 0.486 e. The number of benzene rings is 1. The van der Waals surface area contributed by atoms with Crippen molar-refractivity contribution in [3.8, 4) is 11.5 Å². The zero-order valence-electron chi connectivity index (χ0n) is 11.2. The van der Waals surface area contributed by atoms with Gasteiger partial charge in [0.05, 0.1) is 12.6 Å². The maximum atomic E-state index is 10.5. The first-order valence-corrected chi connectivity index (χ1v) is 6.54. The van der Waals surface area contributed by atoms with Crippen molar-refractivity contribution >= 4 is 5.88 Å². The van der Waals surface area contributed by atoms with Crippen molar-refractivity contribution in [2.24, 2.45) is 0 Å². The number of hydrogen-bond acceptors (Lipinski definition) is 6. The number of para-hydroxylation sites is 2. The van der Waals surface area contributed by atoms with Gasteiger partial charge in [0.15, 0.2) is 11.5 Å². The van der Waals surface area contributed by atoms with Crippen LogP contribution in [0.5, 0.6) is 11.5 Å². The van der Waals surface area contributed by atoms with Gasteiger partial charge >= 0.3 is 5.88 Å². The highest BCUT2D eigenvalue weighted by Crippen LogP contribution is 2.30. The topological polar surface area (TPSA) is 86.8 Å². The fourth-order valence-corrected chi connectivity index (χ4v) is 2.08. The molecule has 1 aromatic carbocycles. The first-order chi connectivity index (χ1) is 10.2. The molecule has 0 fully saturated rings. The van der Waals surface area contributed by atoms with Crippen LogP contribution in [0.2, 0.25) is 0 Å². The van der Waals surface area contributed by atoms with Crippen LogP contribution in [0, 0.1) is 10.1 Å². The molecule has 1 aliphatic rings. The van der Waals surface area contributed by atoms with Crippen LogP contribution >= 0.6 is 0 Å². The first-order valence-electron chi connectivity index (χ1n) is 6.54. The second-order valence-corrected chi connectivity index (χ2v) is 4.63. The summed E-state index contributed by atoms with van der Waals surface area (Å²) in [6, 6.07) is 10.4. The summed E-state index contributed by atoms with van der Waals surface area (Å²) in [7, 11) is 0. The van der Waals surface area contributed by atoms with Crippen LogP contribution < -0.4 is 14.8 Å². The molecule has 2 aromatic rings. The molecule has 0 bridgehead atoms. The van der Waals surface area contributed by atoms with Gasteiger partial charge in [0, 0.05) is 6.54 Å². The Morgan fingerprint density at radius 3 is 2.81 bits per heavy atom. The highest BCUT2D eigenvalue weighted by atomic mass is 16.6. The van der Waals surface area contributed by atoms with E-state index >= 15 is 0 Å². The summed E-state index contributed by atoms with van der Waals surface area (Å²) in [5.41, 5.74) is 0. The Morgan fingerprint density at radius 2 is 2.05 bits per heavy atom. The predicted octanol–water partition coefficient (Wildman–Crippen LogP) is 2.12. The van der Waals surface area contributed by atoms with Gasteiger partial charge in [-0.15, -0.1) is 0 Å². The van der Waals surface area contributed by atoms with Crippen LogP contribution in [-0.2, 0) is 6.54 Å². The monoisotopic (exact) mass is 290 g/mol. The average molecular weight is 290 g/mol. The lowest BCUT2D eigenvalue weighted by molar-refractivity contribution is -0.402. The summed E-state index contributed by atoms with van der Waals surface area (Å²) < 4.78 is 16.4. The summed E-state index contributed by atoms with van der Waals surface area (Å²) >= 11 is 0. The summed E-state index contributed by atoms with van der Waals surface area (Å²) in [6.07, 6.45) is -0.107. The van der Waals surface area contributed by atoms with E-state index in [4.69, 9.17) is 13.9 Å². The number of ether oxygens (including phenoxy) is 2. The fourth-order valence-electron chi connectivity index (χ4n) is 2.08. The molecule has 1 atom stereocenters. The molecule has 21 heavy (non-hydrogen) atoms. The Morgan fingerprint density at radius 1 is 1.24 bits per heavy atom. The van der Waals surface area contributed by atoms with Crippen molar-refractivity contribution in [3.05, 3.63) is 52.3 Å². The molecule has 1 aliphatic heterocycles. The lowest BCUT2D eigenvalue weighted by atomic mass is 10.2. The Hall–Kier alpha value is -2.54. The van der Waals surface area contributed by atoms with Gasteiger partial charge in [-0.1, -0.05) is 12.1 Å². The molecule has 0 saturated heterocycles. The maximum Gasteiger partial charge on any atom is 0.433 e. The molecule has 0 saturated carbocycles. The van der Waals surface area contributed by atoms with Gasteiger partial charge in [-0.05, 0) is 18.2 Å². The van der Waals surface area contributed by atoms with E-state index < -0.39 is 4.92 Å². The Labute approximate surface area is 120 Å². The molecule has 1 N–H and O–H groups in total. The summed E-state index contributed by atoms with van der Waals surface area (Å²) in [4.78, 5) is 9.95. The zero-order chi connectivity index (χ0) is 14.7. The predicted molar refractivity (Wildman–Crippen MR) is 73.4 cm³/mol. The Kier molecular flexibility index (Phi) is 3.74. The highest BCUT2D eigenvalue weighted by Gasteiger charge is 2.20. The van der Waals surface area contributed by atoms with E-state index in [9.17, 15) is 10.1 Å². The standard InChI is InChI=1S/C14H14N2O5/c17-16(18)14-6-5-10(21-14)7-15-8-11-9-19-12-3-1-2-4-13(12)20-11/h1-6,11,15H,7-9H2. The molecular weight excluding hydrogens is 276 g/mol. The molecular formula is C14H14N2O5. The van der Waals surface area contributed by atoms with Crippen molar-refractivity contribution in [3.63, 3.8) is 0 Å². The van der Waals surface area contributed by atoms with Crippen LogP contribution in [0.25, 0.3) is 0 Å². The normalized spacial score (nSPS) is 16.7. The molecule has 110 valence electrons. The molecule has 0 amide bonds. The van der Waals surface area contributed by atoms with Gasteiger partial charge in [0.25, 0.3) is 0 Å². The number of hydrogen-bond donors (Lipinski definition) is 1. The second kappa shape index (κ2) is 5.84. The second-order valence-electron chi connectivity index (χ2n) is 4.63. The number of fused-ring (bicyclic) bond motifs is 1. The first kappa shape index (κ1) is 13.4. The molecule has 3 rings (SSSR count). The number of nitro groups is 1. The smallest absolute Gasteiger partial charge is 0.433 e. The Bertz CT molecular complexity index is 640. The summed E-state index contributed by atoms with van der Waals surface area (Å²) in [5, 5.41) is 13.6. The number of furan rings is 1. The van der Waals surface area contributed by atoms with Crippen molar-refractivity contribution in [1.29, 1.82) is 0 Å². The molecule has 2 heterocycles. The molecule has 0 aliphatic carbocycles. The Balaban J connectivity index is 1.49. The lowest BCUT2D eigenvalue weighted by Crippen LogP contribution is -2.38. The zero-order valence-corrected chi connectivity index (χ0v) is 11.2. The lowest BCUT2D eigenvalue weighted by Gasteiger charge is -2.26. The fraction of sp³-hybridized carbons (Fsp3) is 0.286. The maximum absolute atomic E-state index is 10.5. The number of rotatable bonds is 5. The van der Waals surface area contributed by atoms with E-state index in [1.807, 2.05) is 24.3 Å². The van der Waals surface area contributed by atoms with Crippen LogP contribution in [0.15, 0.2) is 40.8 Å². The molecule has 0 spiro atoms. The van der Waals surface area contributed by atoms with E-state index in [0.29, 0.717) is 25.5 Å². The van der Waals surface area contributed by atoms with Crippen molar-refractivity contribution in [2.45, 2.75) is 12.6 Å². The van der Waals surface area contributed by atoms with Gasteiger partial charge in [-0.3, -0.25) is 10.1 Å². The van der Waals surface area contributed by atoms with E-state index in [-0.39, 0.29) is 12.0 Å². The van der Waals surface area contributed by atoms with Gasteiger partial charge in [-0.2, -0.15) is 0 Å². The van der Waals surface area contributed by atoms with Crippen molar-refractivity contribution < 1.29 is 18.8 Å². The van der Waals surface area contributed by atoms with E-state index in [0.717, 1.165) is 11.5 Å². The SMILES string of the molecule is O=[N+]([O-])c1ccc(CNCC2COc3ccccc3O2)o1. The minimum Gasteiger partial charge on any atom is -0.486 e. The number of nitrogens with zero attached hydrogens (tertiary/aromatic N) is 1. The molecule has 7 nitrogen and oxygen atoms in total. The third-order valence-electron chi connectivity index (χ3n) is 3.07. The average Bonchev–Trinajstić information content (AvgIpc) is 2.96. The quantitative estimate of drug-likeness (QED) is 0.670. The number of nitrogens with one attached hydrogen (secondary N) is 1. The van der Waals surface area contributed by atoms with Crippen molar-refractivity contribution in [2.75, 3.05) is 13.2 Å². The van der Waals surface area contributed by atoms with Gasteiger partial charge in [-0.25, -0.2) is 0 Å². The molecule has 1 unspecified atom stereocenters. The third-order valence-corrected chi connectivity index (χ3v) is 3.07. The van der Waals surface area contributed by atoms with Gasteiger partial charge in [0.2, 0.25) is 0 Å². The highest BCUT2D eigenvalue weighted by molar-refractivity contribution is 5.40. The summed E-state index contributed by atoms with van der Waals surface area (Å²) in [5.74, 6) is 1.73. The van der Waals surface area contributed by atoms with Crippen LogP contribution in [-0.4, -0.2) is 24.2 Å². The van der Waals surface area contributed by atoms with Crippen molar-refractivity contribution in [1.82, 2.24) is 5.32 Å². The third kappa shape index (κ3) is 3.14. The van der Waals surface area contributed by atoms with Crippen LogP contribution in [0.4, 0.5) is 5.88 Å². The van der Waals surface area contributed by atoms with E-state index in [2.05, 4.69) is 5.32 Å². The molecule has 7 heteroatoms. The van der Waals surface area contributed by atoms with E-state index in [1.54, 1.807) is 6.07 Å². The minimum atomic E-state index is -0.557. The summed E-state index contributed by atoms with van der Waals surface area (Å²) in [6.45, 7) is 1.42. The molecule has 1 aromatic heterocycles. The van der Waals surface area contributed by atoms with Gasteiger partial charge in [0.1, 0.15) is 23.4 Å². The molecule has 0 radical (unpaired) electrons. The minimum absolute atomic E-state index is 0.107. The van der Waals surface area contributed by atoms with E-state index in [1.165, 1.54) is 6.07 Å². The van der Waals surface area contributed by atoms with Crippen LogP contribution in [0.3, 0.4) is 0 Å². The van der Waals surface area contributed by atoms with Gasteiger partial charge < -0.3 is 19.2 Å². The van der Waals surface area contributed by atoms with Crippen LogP contribution in [0.1, 0.15) is 5.76 Å².